The Balaban J connectivity index is 3.57. The summed E-state index contributed by atoms with van der Waals surface area (Å²) in [5.74, 6) is -8.17. The molecule has 0 saturated heterocycles. The number of carbonyl (C=O) groups is 2. The largest absolute Gasteiger partial charge is 0.462 e. The Kier molecular flexibility index (Phi) is 7.91. The van der Waals surface area contributed by atoms with Crippen LogP contribution in [0.25, 0.3) is 0 Å². The highest BCUT2D eigenvalue weighted by molar-refractivity contribution is 6.25. The van der Waals surface area contributed by atoms with E-state index in [9.17, 15) is 32.9 Å². The maximum absolute atomic E-state index is 14.4. The molecule has 8 nitrogen and oxygen atoms in total. The van der Waals surface area contributed by atoms with E-state index in [0.717, 1.165) is 13.1 Å². The van der Waals surface area contributed by atoms with Gasteiger partial charge in [-0.2, -0.15) is 4.39 Å². The first kappa shape index (κ1) is 22.1. The summed E-state index contributed by atoms with van der Waals surface area (Å²) in [6, 6.07) is 0. The molecule has 0 heterocycles. The second-order valence-corrected chi connectivity index (χ2v) is 5.23. The monoisotopic (exact) mass is 389 g/mol. The molecule has 0 unspecified atom stereocenters. The molecule has 1 aromatic rings. The van der Waals surface area contributed by atoms with Gasteiger partial charge in [0.15, 0.2) is 5.82 Å². The van der Waals surface area contributed by atoms with Crippen molar-refractivity contribution in [3.8, 4) is 0 Å². The van der Waals surface area contributed by atoms with E-state index < -0.39 is 56.5 Å². The highest BCUT2D eigenvalue weighted by Crippen LogP contribution is 2.32. The predicted molar refractivity (Wildman–Crippen MR) is 88.2 cm³/mol. The van der Waals surface area contributed by atoms with E-state index in [2.05, 4.69) is 15.6 Å². The number of hydrazine groups is 1. The Morgan fingerprint density at radius 3 is 2.33 bits per heavy atom. The molecule has 0 spiro atoms. The fraction of sp³-hybridized carbons (Fsp3) is 0.375. The number of nitro benzene ring substituents is 1. The van der Waals surface area contributed by atoms with Crippen molar-refractivity contribution in [1.29, 1.82) is 0 Å². The van der Waals surface area contributed by atoms with Crippen molar-refractivity contribution in [1.82, 2.24) is 10.9 Å². The molecule has 0 radical (unpaired) electrons. The predicted octanol–water partition coefficient (Wildman–Crippen LogP) is 2.45. The number of carbonyl (C=O) groups excluding carboxylic acids is 2. The Hall–Kier alpha value is -2.95. The minimum atomic E-state index is -2.00. The molecule has 0 atom stereocenters. The third kappa shape index (κ3) is 4.82. The van der Waals surface area contributed by atoms with E-state index in [4.69, 9.17) is 0 Å². The van der Waals surface area contributed by atoms with Gasteiger partial charge in [-0.1, -0.05) is 6.92 Å². The number of halogens is 3. The van der Waals surface area contributed by atoms with Crippen LogP contribution in [0.3, 0.4) is 0 Å². The minimum Gasteiger partial charge on any atom is -0.462 e. The number of esters is 1. The lowest BCUT2D eigenvalue weighted by Crippen LogP contribution is -2.30. The second kappa shape index (κ2) is 9.67. The Bertz CT molecular complexity index is 796. The van der Waals surface area contributed by atoms with Crippen molar-refractivity contribution < 1.29 is 32.4 Å². The number of benzene rings is 1. The third-order valence-corrected chi connectivity index (χ3v) is 3.36. The number of hydrogen-bond acceptors (Lipinski definition) is 7. The van der Waals surface area contributed by atoms with Gasteiger partial charge in [0.25, 0.3) is 0 Å². The number of ether oxygens (including phenoxy) is 1. The molecule has 27 heavy (non-hydrogen) atoms. The number of rotatable bonds is 9. The summed E-state index contributed by atoms with van der Waals surface area (Å²) in [6.07, 6.45) is 1.50. The van der Waals surface area contributed by atoms with Gasteiger partial charge in [-0.25, -0.2) is 19.0 Å². The molecule has 0 aliphatic rings. The standard InChI is InChI=1S/C16H18F3N3O5/c1-4-6-20-21-7-9(16(24)27-5-2)15(23)10-11(17)8(3)12(18)13(19)14(10)22(25)26/h7,20-21H,4-6H2,1-3H3/b9-7+. The minimum absolute atomic E-state index is 0.146. The summed E-state index contributed by atoms with van der Waals surface area (Å²) in [7, 11) is 0. The summed E-state index contributed by atoms with van der Waals surface area (Å²) in [5, 5.41) is 11.1. The Morgan fingerprint density at radius 1 is 1.19 bits per heavy atom. The van der Waals surface area contributed by atoms with Crippen LogP contribution in [0, 0.1) is 34.5 Å². The topological polar surface area (TPSA) is 111 Å². The van der Waals surface area contributed by atoms with E-state index in [1.165, 1.54) is 6.92 Å². The van der Waals surface area contributed by atoms with Crippen molar-refractivity contribution >= 4 is 17.4 Å². The highest BCUT2D eigenvalue weighted by atomic mass is 19.2. The zero-order valence-corrected chi connectivity index (χ0v) is 14.8. The fourth-order valence-electron chi connectivity index (χ4n) is 2.03. The van der Waals surface area contributed by atoms with Crippen LogP contribution < -0.4 is 10.9 Å². The molecular weight excluding hydrogens is 371 g/mol. The fourth-order valence-corrected chi connectivity index (χ4v) is 2.03. The molecule has 0 aromatic heterocycles. The molecule has 148 valence electrons. The lowest BCUT2D eigenvalue weighted by atomic mass is 9.98. The molecule has 1 aromatic carbocycles. The zero-order chi connectivity index (χ0) is 20.7. The van der Waals surface area contributed by atoms with Crippen molar-refractivity contribution in [2.24, 2.45) is 0 Å². The van der Waals surface area contributed by atoms with E-state index in [1.54, 1.807) is 0 Å². The first-order valence-corrected chi connectivity index (χ1v) is 7.90. The van der Waals surface area contributed by atoms with Gasteiger partial charge >= 0.3 is 11.7 Å². The number of Topliss-reactive ketones (excluding diaryl/α,β-unsaturated/α-hetero) is 1. The van der Waals surface area contributed by atoms with Crippen LogP contribution >= 0.6 is 0 Å². The van der Waals surface area contributed by atoms with Crippen LogP contribution in [-0.2, 0) is 9.53 Å². The summed E-state index contributed by atoms with van der Waals surface area (Å²) >= 11 is 0. The van der Waals surface area contributed by atoms with Crippen molar-refractivity contribution in [3.05, 3.63) is 50.5 Å². The molecule has 0 aliphatic carbocycles. The maximum Gasteiger partial charge on any atom is 0.343 e. The molecule has 0 amide bonds. The van der Waals surface area contributed by atoms with Crippen LogP contribution in [0.1, 0.15) is 36.2 Å². The normalized spacial score (nSPS) is 11.3. The summed E-state index contributed by atoms with van der Waals surface area (Å²) < 4.78 is 46.7. The number of nitrogens with one attached hydrogen (secondary N) is 2. The van der Waals surface area contributed by atoms with Gasteiger partial charge in [-0.3, -0.25) is 14.9 Å². The van der Waals surface area contributed by atoms with Crippen LogP contribution in [0.5, 0.6) is 0 Å². The lowest BCUT2D eigenvalue weighted by molar-refractivity contribution is -0.388. The summed E-state index contributed by atoms with van der Waals surface area (Å²) in [5.41, 5.74) is 0.176. The molecule has 11 heteroatoms. The van der Waals surface area contributed by atoms with E-state index in [-0.39, 0.29) is 6.61 Å². The average molecular weight is 389 g/mol. The zero-order valence-electron chi connectivity index (χ0n) is 14.8. The van der Waals surface area contributed by atoms with Crippen LogP contribution in [-0.4, -0.2) is 29.8 Å². The summed E-state index contributed by atoms with van der Waals surface area (Å²) in [6.45, 7) is 4.36. The molecule has 1 rings (SSSR count). The van der Waals surface area contributed by atoms with E-state index in [1.807, 2.05) is 6.92 Å². The van der Waals surface area contributed by atoms with Crippen LogP contribution in [0.4, 0.5) is 18.9 Å². The number of ketones is 1. The first-order valence-electron chi connectivity index (χ1n) is 7.90. The smallest absolute Gasteiger partial charge is 0.343 e. The Morgan fingerprint density at radius 2 is 1.81 bits per heavy atom. The lowest BCUT2D eigenvalue weighted by Gasteiger charge is -2.11. The van der Waals surface area contributed by atoms with Gasteiger partial charge in [0.1, 0.15) is 17.0 Å². The molecule has 2 N–H and O–H groups in total. The molecular formula is C16H18F3N3O5. The number of nitro groups is 1. The third-order valence-electron chi connectivity index (χ3n) is 3.36. The van der Waals surface area contributed by atoms with E-state index >= 15 is 0 Å². The van der Waals surface area contributed by atoms with Crippen molar-refractivity contribution in [2.75, 3.05) is 13.2 Å². The first-order chi connectivity index (χ1) is 12.7. The SMILES string of the molecule is CCCNN/C=C(/C(=O)OCC)C(=O)c1c(F)c(C)c(F)c(F)c1[N+](=O)[O-]. The molecule has 0 bridgehead atoms. The van der Waals surface area contributed by atoms with Gasteiger partial charge in [-0.05, 0) is 20.3 Å². The van der Waals surface area contributed by atoms with Gasteiger partial charge < -0.3 is 10.2 Å². The van der Waals surface area contributed by atoms with Crippen molar-refractivity contribution in [3.63, 3.8) is 0 Å². The van der Waals surface area contributed by atoms with E-state index in [0.29, 0.717) is 13.0 Å². The number of nitrogens with zero attached hydrogens (tertiary/aromatic N) is 1. The number of hydrogen-bond donors (Lipinski definition) is 2. The van der Waals surface area contributed by atoms with Crippen LogP contribution in [0.2, 0.25) is 0 Å². The molecule has 0 aliphatic heterocycles. The van der Waals surface area contributed by atoms with Gasteiger partial charge in [0.05, 0.1) is 11.5 Å². The highest BCUT2D eigenvalue weighted by Gasteiger charge is 2.37. The maximum atomic E-state index is 14.4. The summed E-state index contributed by atoms with van der Waals surface area (Å²) in [4.78, 5) is 34.3. The van der Waals surface area contributed by atoms with Gasteiger partial charge in [0, 0.05) is 18.3 Å². The molecule has 0 fully saturated rings. The Labute approximate surface area is 152 Å². The quantitative estimate of drug-likeness (QED) is 0.0768. The van der Waals surface area contributed by atoms with Gasteiger partial charge in [-0.15, -0.1) is 0 Å². The van der Waals surface area contributed by atoms with Crippen molar-refractivity contribution in [2.45, 2.75) is 27.2 Å². The second-order valence-electron chi connectivity index (χ2n) is 5.23. The van der Waals surface area contributed by atoms with Crippen LogP contribution in [0.15, 0.2) is 11.8 Å². The van der Waals surface area contributed by atoms with Gasteiger partial charge in [0.2, 0.25) is 11.6 Å². The molecule has 0 saturated carbocycles. The average Bonchev–Trinajstić information content (AvgIpc) is 2.62.